The van der Waals surface area contributed by atoms with Crippen molar-refractivity contribution >= 4 is 59.2 Å². The van der Waals surface area contributed by atoms with E-state index in [0.717, 1.165) is 25.0 Å². The molecule has 0 heterocycles. The molecule has 0 radical (unpaired) electrons. The van der Waals surface area contributed by atoms with Gasteiger partial charge in [-0.25, -0.2) is 4.79 Å². The number of amides is 1. The molecule has 7 nitrogen and oxygen atoms in total. The van der Waals surface area contributed by atoms with E-state index in [1.807, 2.05) is 13.8 Å². The van der Waals surface area contributed by atoms with Gasteiger partial charge in [0.15, 0.2) is 0 Å². The molecule has 0 aliphatic heterocycles. The van der Waals surface area contributed by atoms with Crippen molar-refractivity contribution < 1.29 is 24.6 Å². The van der Waals surface area contributed by atoms with Crippen molar-refractivity contribution in [3.63, 3.8) is 0 Å². The molecule has 2 atom stereocenters. The molecule has 25 heavy (non-hydrogen) atoms. The topological polar surface area (TPSA) is 130 Å². The van der Waals surface area contributed by atoms with E-state index in [1.165, 1.54) is 17.8 Å². The van der Waals surface area contributed by atoms with Crippen LogP contribution >= 0.6 is 11.8 Å². The third-order valence-corrected chi connectivity index (χ3v) is 5.20. The summed E-state index contributed by atoms with van der Waals surface area (Å²) in [6.07, 6.45) is 4.44. The molecule has 0 aromatic carbocycles. The van der Waals surface area contributed by atoms with Crippen LogP contribution < -0.4 is 11.1 Å². The van der Waals surface area contributed by atoms with Crippen LogP contribution in [0.25, 0.3) is 0 Å². The van der Waals surface area contributed by atoms with Crippen LogP contribution in [0, 0.1) is 11.3 Å². The van der Waals surface area contributed by atoms with Gasteiger partial charge in [-0.1, -0.05) is 19.9 Å². The van der Waals surface area contributed by atoms with Gasteiger partial charge < -0.3 is 21.3 Å². The first-order valence-corrected chi connectivity index (χ1v) is 9.11. The van der Waals surface area contributed by atoms with Crippen molar-refractivity contribution in [1.82, 2.24) is 5.32 Å². The quantitative estimate of drug-likeness (QED) is 0.236. The minimum absolute atomic E-state index is 0. The Morgan fingerprint density at radius 3 is 2.40 bits per heavy atom. The first kappa shape index (κ1) is 24.5. The second-order valence-electron chi connectivity index (χ2n) is 6.67. The van der Waals surface area contributed by atoms with Crippen LogP contribution in [0.2, 0.25) is 0 Å². The van der Waals surface area contributed by atoms with E-state index < -0.39 is 18.0 Å². The second-order valence-corrected chi connectivity index (χ2v) is 7.82. The van der Waals surface area contributed by atoms with Gasteiger partial charge in [0.1, 0.15) is 11.7 Å². The van der Waals surface area contributed by atoms with Crippen molar-refractivity contribution in [2.24, 2.45) is 17.1 Å². The number of carbonyl (C=O) groups is 3. The Balaban J connectivity index is 0.00000576. The summed E-state index contributed by atoms with van der Waals surface area (Å²) in [5.41, 5.74) is 5.28. The minimum atomic E-state index is -1.14. The van der Waals surface area contributed by atoms with E-state index in [4.69, 9.17) is 15.9 Å². The summed E-state index contributed by atoms with van der Waals surface area (Å²) in [6, 6.07) is -0.851. The number of nitrogens with two attached hydrogens (primary N) is 1. The summed E-state index contributed by atoms with van der Waals surface area (Å²) in [5.74, 6) is -1.37. The van der Waals surface area contributed by atoms with Gasteiger partial charge in [0.05, 0.1) is 0 Å². The van der Waals surface area contributed by atoms with Crippen molar-refractivity contribution in [2.45, 2.75) is 45.6 Å². The summed E-state index contributed by atoms with van der Waals surface area (Å²) < 4.78 is 0. The van der Waals surface area contributed by atoms with Gasteiger partial charge in [-0.3, -0.25) is 9.59 Å². The number of carboxylic acid groups (broad SMARTS) is 2. The SMILES string of the molecule is CC1(C)C[C@@H]1C(=O)N/C(=C\CCCCSCC(N)C(=O)O)C(=O)O.[NaH]. The number of carboxylic acids is 2. The molecule has 0 aromatic rings. The Morgan fingerprint density at radius 1 is 1.32 bits per heavy atom. The van der Waals surface area contributed by atoms with Crippen molar-refractivity contribution in [2.75, 3.05) is 11.5 Å². The Kier molecular flexibility index (Phi) is 11.0. The van der Waals surface area contributed by atoms with E-state index in [0.29, 0.717) is 12.2 Å². The molecule has 1 fully saturated rings. The Labute approximate surface area is 174 Å². The molecule has 1 saturated carbocycles. The van der Waals surface area contributed by atoms with Crippen LogP contribution in [0.15, 0.2) is 11.8 Å². The maximum absolute atomic E-state index is 12.0. The first-order valence-electron chi connectivity index (χ1n) is 7.95. The zero-order valence-electron chi connectivity index (χ0n) is 14.1. The van der Waals surface area contributed by atoms with Gasteiger partial charge >= 0.3 is 41.5 Å². The number of carbonyl (C=O) groups excluding carboxylic acids is 1. The van der Waals surface area contributed by atoms with Crippen LogP contribution in [0.1, 0.15) is 39.5 Å². The zero-order chi connectivity index (χ0) is 18.3. The van der Waals surface area contributed by atoms with Crippen LogP contribution in [0.5, 0.6) is 0 Å². The van der Waals surface area contributed by atoms with Gasteiger partial charge in [0, 0.05) is 11.7 Å². The molecule has 138 valence electrons. The van der Waals surface area contributed by atoms with Gasteiger partial charge in [-0.05, 0) is 36.9 Å². The molecule has 1 rings (SSSR count). The molecule has 9 heteroatoms. The predicted molar refractivity (Wildman–Crippen MR) is 99.7 cm³/mol. The number of nitrogens with one attached hydrogen (secondary N) is 1. The van der Waals surface area contributed by atoms with Crippen molar-refractivity contribution in [3.05, 3.63) is 11.8 Å². The molecule has 0 spiro atoms. The number of aliphatic carboxylic acids is 2. The fraction of sp³-hybridized carbons (Fsp3) is 0.688. The van der Waals surface area contributed by atoms with Crippen molar-refractivity contribution in [1.29, 1.82) is 0 Å². The molecular weight excluding hydrogens is 355 g/mol. The van der Waals surface area contributed by atoms with Crippen LogP contribution in [-0.2, 0) is 14.4 Å². The number of thioether (sulfide) groups is 1. The average molecular weight is 382 g/mol. The number of hydrogen-bond donors (Lipinski definition) is 4. The normalized spacial score (nSPS) is 19.5. The molecule has 1 amide bonds. The molecule has 1 aliphatic rings. The summed E-state index contributed by atoms with van der Waals surface area (Å²) in [5, 5.41) is 20.3. The Hall–Kier alpha value is -0.540. The van der Waals surface area contributed by atoms with Gasteiger partial charge in [-0.15, -0.1) is 0 Å². The number of rotatable bonds is 11. The molecule has 0 saturated heterocycles. The summed E-state index contributed by atoms with van der Waals surface area (Å²) in [7, 11) is 0. The second kappa shape index (κ2) is 11.2. The average Bonchev–Trinajstić information content (AvgIpc) is 3.13. The van der Waals surface area contributed by atoms with Crippen LogP contribution in [-0.4, -0.2) is 75.2 Å². The fourth-order valence-corrected chi connectivity index (χ4v) is 3.17. The molecule has 5 N–H and O–H groups in total. The molecule has 1 aliphatic carbocycles. The van der Waals surface area contributed by atoms with Gasteiger partial charge in [-0.2, -0.15) is 11.8 Å². The van der Waals surface area contributed by atoms with Crippen molar-refractivity contribution in [3.8, 4) is 0 Å². The molecular formula is C16H27N2NaO5S. The summed E-state index contributed by atoms with van der Waals surface area (Å²) in [6.45, 7) is 3.96. The summed E-state index contributed by atoms with van der Waals surface area (Å²) in [4.78, 5) is 33.7. The number of allylic oxidation sites excluding steroid dienone is 1. The standard InChI is InChI=1S/C16H26N2O5S.Na.H/c1-16(2)8-10(16)13(19)18-12(15(22)23)6-4-3-5-7-24-9-11(17)14(20)21;;/h6,10-11H,3-5,7-9,17H2,1-2H3,(H,18,19)(H,20,21)(H,22,23);;/b12-6-;;/t10-,11?;;/m1../s1. The third-order valence-electron chi connectivity index (χ3n) is 4.02. The van der Waals surface area contributed by atoms with Crippen LogP contribution in [0.4, 0.5) is 0 Å². The van der Waals surface area contributed by atoms with Gasteiger partial charge in [0.25, 0.3) is 0 Å². The Morgan fingerprint density at radius 2 is 1.92 bits per heavy atom. The van der Waals surface area contributed by atoms with E-state index in [2.05, 4.69) is 5.32 Å². The van der Waals surface area contributed by atoms with E-state index in [1.54, 1.807) is 0 Å². The molecule has 0 bridgehead atoms. The van der Waals surface area contributed by atoms with Gasteiger partial charge in [0.2, 0.25) is 5.91 Å². The number of hydrogen-bond acceptors (Lipinski definition) is 5. The molecule has 0 aromatic heterocycles. The summed E-state index contributed by atoms with van der Waals surface area (Å²) >= 11 is 1.46. The zero-order valence-corrected chi connectivity index (χ0v) is 14.9. The van der Waals surface area contributed by atoms with E-state index >= 15 is 0 Å². The molecule has 1 unspecified atom stereocenters. The fourth-order valence-electron chi connectivity index (χ4n) is 2.20. The first-order chi connectivity index (χ1) is 11.1. The van der Waals surface area contributed by atoms with E-state index in [-0.39, 0.29) is 52.5 Å². The third kappa shape index (κ3) is 9.10. The Bertz CT molecular complexity index is 525. The monoisotopic (exact) mass is 382 g/mol. The van der Waals surface area contributed by atoms with E-state index in [9.17, 15) is 14.4 Å². The predicted octanol–water partition coefficient (Wildman–Crippen LogP) is 0.784. The maximum atomic E-state index is 12.0. The number of unbranched alkanes of at least 4 members (excludes halogenated alkanes) is 2. The van der Waals surface area contributed by atoms with Crippen LogP contribution in [0.3, 0.4) is 0 Å².